The molecule has 0 saturated carbocycles. The van der Waals surface area contributed by atoms with Crippen molar-refractivity contribution in [2.24, 2.45) is 0 Å². The van der Waals surface area contributed by atoms with Gasteiger partial charge in [0.15, 0.2) is 0 Å². The molecular formula is C19H23NO4S. The molecule has 0 N–H and O–H groups in total. The van der Waals surface area contributed by atoms with Crippen LogP contribution >= 0.6 is 0 Å². The van der Waals surface area contributed by atoms with E-state index in [9.17, 15) is 13.2 Å². The van der Waals surface area contributed by atoms with Crippen molar-refractivity contribution >= 4 is 21.7 Å². The van der Waals surface area contributed by atoms with Crippen LogP contribution in [0, 0.1) is 0 Å². The van der Waals surface area contributed by atoms with Gasteiger partial charge in [0.05, 0.1) is 24.1 Å². The highest BCUT2D eigenvalue weighted by molar-refractivity contribution is 7.92. The highest BCUT2D eigenvalue weighted by atomic mass is 32.2. The van der Waals surface area contributed by atoms with E-state index < -0.39 is 21.6 Å². The Morgan fingerprint density at radius 1 is 1.04 bits per heavy atom. The van der Waals surface area contributed by atoms with E-state index in [1.165, 1.54) is 10.4 Å². The van der Waals surface area contributed by atoms with Gasteiger partial charge in [-0.3, -0.25) is 4.31 Å². The number of carbonyl (C=O) groups is 1. The lowest BCUT2D eigenvalue weighted by atomic mass is 10.1. The lowest BCUT2D eigenvalue weighted by Crippen LogP contribution is -2.29. The van der Waals surface area contributed by atoms with E-state index >= 15 is 0 Å². The molecular weight excluding hydrogens is 338 g/mol. The molecule has 5 nitrogen and oxygen atoms in total. The van der Waals surface area contributed by atoms with Crippen LogP contribution in [0.4, 0.5) is 5.69 Å². The minimum Gasteiger partial charge on any atom is -0.456 e. The number of sulfonamides is 1. The summed E-state index contributed by atoms with van der Waals surface area (Å²) in [7, 11) is -3.51. The second-order valence-electron chi connectivity index (χ2n) is 6.81. The Bertz CT molecular complexity index is 839. The molecule has 6 heteroatoms. The van der Waals surface area contributed by atoms with Crippen molar-refractivity contribution in [3.63, 3.8) is 0 Å². The predicted octanol–water partition coefficient (Wildman–Crippen LogP) is 3.61. The number of rotatable bonds is 5. The van der Waals surface area contributed by atoms with Crippen LogP contribution in [0.2, 0.25) is 0 Å². The smallest absolute Gasteiger partial charge is 0.338 e. The number of carbonyl (C=O) groups excluding carboxylic acids is 1. The van der Waals surface area contributed by atoms with Crippen LogP contribution in [0.25, 0.3) is 0 Å². The molecule has 0 saturated heterocycles. The van der Waals surface area contributed by atoms with Gasteiger partial charge in [-0.15, -0.1) is 0 Å². The van der Waals surface area contributed by atoms with Crippen LogP contribution in [0.3, 0.4) is 0 Å². The van der Waals surface area contributed by atoms with Crippen molar-refractivity contribution in [2.45, 2.75) is 32.9 Å². The van der Waals surface area contributed by atoms with Crippen molar-refractivity contribution in [2.75, 3.05) is 10.6 Å². The van der Waals surface area contributed by atoms with Crippen molar-refractivity contribution in [1.82, 2.24) is 0 Å². The van der Waals surface area contributed by atoms with Crippen molar-refractivity contribution in [3.8, 4) is 0 Å². The van der Waals surface area contributed by atoms with Crippen molar-refractivity contribution < 1.29 is 17.9 Å². The Morgan fingerprint density at radius 3 is 2.24 bits per heavy atom. The van der Waals surface area contributed by atoms with E-state index in [2.05, 4.69) is 0 Å². The van der Waals surface area contributed by atoms with E-state index in [0.717, 1.165) is 11.8 Å². The molecule has 25 heavy (non-hydrogen) atoms. The van der Waals surface area contributed by atoms with Gasteiger partial charge < -0.3 is 4.74 Å². The summed E-state index contributed by atoms with van der Waals surface area (Å²) in [5.41, 5.74) is 0.979. The van der Waals surface area contributed by atoms with Crippen LogP contribution < -0.4 is 4.31 Å². The zero-order chi connectivity index (χ0) is 18.7. The van der Waals surface area contributed by atoms with Gasteiger partial charge in [-0.05, 0) is 44.5 Å². The summed E-state index contributed by atoms with van der Waals surface area (Å²) in [6.07, 6.45) is 1.15. The molecule has 0 bridgehead atoms. The number of hydrogen-bond donors (Lipinski definition) is 0. The molecule has 0 fully saturated rings. The fourth-order valence-corrected chi connectivity index (χ4v) is 3.15. The summed E-state index contributed by atoms with van der Waals surface area (Å²) in [5.74, 6) is -0.484. The highest BCUT2D eigenvalue weighted by Crippen LogP contribution is 2.23. The second-order valence-corrected chi connectivity index (χ2v) is 8.71. The quantitative estimate of drug-likeness (QED) is 0.763. The largest absolute Gasteiger partial charge is 0.456 e. The summed E-state index contributed by atoms with van der Waals surface area (Å²) in [6, 6.07) is 15.8. The van der Waals surface area contributed by atoms with Gasteiger partial charge in [0, 0.05) is 0 Å². The zero-order valence-electron chi connectivity index (χ0n) is 14.9. The van der Waals surface area contributed by atoms with Gasteiger partial charge in [0.25, 0.3) is 0 Å². The third kappa shape index (κ3) is 5.60. The number of ether oxygens (including phenoxy) is 1. The van der Waals surface area contributed by atoms with Crippen LogP contribution in [0.5, 0.6) is 0 Å². The summed E-state index contributed by atoms with van der Waals surface area (Å²) in [6.45, 7) is 5.55. The van der Waals surface area contributed by atoms with E-state index in [1.807, 2.05) is 30.3 Å². The van der Waals surface area contributed by atoms with Crippen molar-refractivity contribution in [1.29, 1.82) is 0 Å². The minimum absolute atomic E-state index is 0.192. The number of nitrogens with zero attached hydrogens (tertiary/aromatic N) is 1. The van der Waals surface area contributed by atoms with Gasteiger partial charge in [-0.25, -0.2) is 13.2 Å². The Morgan fingerprint density at radius 2 is 1.68 bits per heavy atom. The standard InChI is InChI=1S/C19H23NO4S/c1-19(2,3)24-18(21)16-11-8-12-17(13-16)20(25(4,22)23)14-15-9-6-5-7-10-15/h5-13H,14H2,1-4H3. The Kier molecular flexibility index (Phi) is 5.52. The molecule has 134 valence electrons. The number of benzene rings is 2. The molecule has 0 radical (unpaired) electrons. The molecule has 2 aromatic rings. The summed E-state index contributed by atoms with van der Waals surface area (Å²) < 4.78 is 31.1. The summed E-state index contributed by atoms with van der Waals surface area (Å²) >= 11 is 0. The molecule has 2 rings (SSSR count). The fourth-order valence-electron chi connectivity index (χ4n) is 2.27. The van der Waals surface area contributed by atoms with Gasteiger partial charge in [0.1, 0.15) is 5.60 Å². The Hall–Kier alpha value is -2.34. The topological polar surface area (TPSA) is 63.7 Å². The summed E-state index contributed by atoms with van der Waals surface area (Å²) in [5, 5.41) is 0. The average molecular weight is 361 g/mol. The third-order valence-corrected chi connectivity index (χ3v) is 4.48. The molecule has 0 spiro atoms. The van der Waals surface area contributed by atoms with Crippen LogP contribution in [0.15, 0.2) is 54.6 Å². The Balaban J connectivity index is 2.35. The monoisotopic (exact) mass is 361 g/mol. The molecule has 0 unspecified atom stereocenters. The maximum absolute atomic E-state index is 12.3. The average Bonchev–Trinajstić information content (AvgIpc) is 2.51. The molecule has 0 aliphatic carbocycles. The third-order valence-electron chi connectivity index (χ3n) is 3.34. The molecule has 0 heterocycles. The van der Waals surface area contributed by atoms with E-state index in [0.29, 0.717) is 11.3 Å². The summed E-state index contributed by atoms with van der Waals surface area (Å²) in [4.78, 5) is 12.3. The maximum Gasteiger partial charge on any atom is 0.338 e. The molecule has 2 aromatic carbocycles. The highest BCUT2D eigenvalue weighted by Gasteiger charge is 2.21. The first kappa shape index (κ1) is 19.0. The first-order valence-electron chi connectivity index (χ1n) is 7.91. The van der Waals surface area contributed by atoms with E-state index in [1.54, 1.807) is 39.0 Å². The Labute approximate surface area is 149 Å². The molecule has 0 aliphatic heterocycles. The van der Waals surface area contributed by atoms with Crippen LogP contribution in [-0.4, -0.2) is 26.2 Å². The molecule has 0 amide bonds. The lowest BCUT2D eigenvalue weighted by Gasteiger charge is -2.24. The van der Waals surface area contributed by atoms with Gasteiger partial charge in [-0.1, -0.05) is 36.4 Å². The second kappa shape index (κ2) is 7.27. The number of hydrogen-bond acceptors (Lipinski definition) is 4. The minimum atomic E-state index is -3.51. The van der Waals surface area contributed by atoms with E-state index in [4.69, 9.17) is 4.74 Å². The van der Waals surface area contributed by atoms with Crippen LogP contribution in [-0.2, 0) is 21.3 Å². The number of anilines is 1. The fraction of sp³-hybridized carbons (Fsp3) is 0.316. The molecule has 0 aliphatic rings. The lowest BCUT2D eigenvalue weighted by molar-refractivity contribution is 0.00695. The number of esters is 1. The maximum atomic E-state index is 12.3. The van der Waals surface area contributed by atoms with Crippen molar-refractivity contribution in [3.05, 3.63) is 65.7 Å². The first-order chi connectivity index (χ1) is 11.6. The SMILES string of the molecule is CC(C)(C)OC(=O)c1cccc(N(Cc2ccccc2)S(C)(=O)=O)c1. The van der Waals surface area contributed by atoms with Crippen LogP contribution in [0.1, 0.15) is 36.7 Å². The normalized spacial score (nSPS) is 11.8. The van der Waals surface area contributed by atoms with Gasteiger partial charge in [-0.2, -0.15) is 0 Å². The molecule has 0 atom stereocenters. The predicted molar refractivity (Wildman–Crippen MR) is 99.1 cm³/mol. The van der Waals surface area contributed by atoms with Gasteiger partial charge >= 0.3 is 5.97 Å². The van der Waals surface area contributed by atoms with E-state index in [-0.39, 0.29) is 6.54 Å². The van der Waals surface area contributed by atoms with Gasteiger partial charge in [0.2, 0.25) is 10.0 Å². The molecule has 0 aromatic heterocycles. The first-order valence-corrected chi connectivity index (χ1v) is 9.76. The zero-order valence-corrected chi connectivity index (χ0v) is 15.7.